The zero-order valence-corrected chi connectivity index (χ0v) is 15.1. The van der Waals surface area contributed by atoms with E-state index in [0.29, 0.717) is 6.54 Å². The van der Waals surface area contributed by atoms with Crippen LogP contribution in [0.4, 0.5) is 0 Å². The number of aliphatic imine (C=N–C) groups is 1. The third kappa shape index (κ3) is 4.13. The number of guanidine groups is 1. The molecule has 7 heteroatoms. The molecular formula is C15H23BrN6. The molecule has 0 atom stereocenters. The van der Waals surface area contributed by atoms with Gasteiger partial charge in [0.15, 0.2) is 5.96 Å². The first-order chi connectivity index (χ1) is 10.5. The molecular weight excluding hydrogens is 344 g/mol. The Hall–Kier alpha value is -1.76. The van der Waals surface area contributed by atoms with Gasteiger partial charge >= 0.3 is 0 Å². The molecule has 6 nitrogen and oxygen atoms in total. The van der Waals surface area contributed by atoms with Crippen molar-refractivity contribution in [3.8, 4) is 0 Å². The first-order valence-corrected chi connectivity index (χ1v) is 8.09. The SMILES string of the molecule is CCNC(=NCc1cn[nH]c1C)N(C)Cc1cc(Br)cn1C. The van der Waals surface area contributed by atoms with Gasteiger partial charge in [0.2, 0.25) is 0 Å². The number of H-pyrrole nitrogens is 1. The molecule has 0 saturated carbocycles. The van der Waals surface area contributed by atoms with Crippen molar-refractivity contribution in [2.75, 3.05) is 13.6 Å². The standard InChI is InChI=1S/C15H23BrN6/c1-5-17-15(18-7-12-8-19-20-11(12)2)22(4)10-14-6-13(16)9-21(14)3/h6,8-9H,5,7,10H2,1-4H3,(H,17,18)(H,19,20). The van der Waals surface area contributed by atoms with Gasteiger partial charge in [-0.25, -0.2) is 4.99 Å². The quantitative estimate of drug-likeness (QED) is 0.630. The molecule has 0 spiro atoms. The van der Waals surface area contributed by atoms with Crippen molar-refractivity contribution < 1.29 is 0 Å². The van der Waals surface area contributed by atoms with Crippen molar-refractivity contribution in [3.05, 3.63) is 39.9 Å². The zero-order chi connectivity index (χ0) is 16.1. The van der Waals surface area contributed by atoms with Crippen LogP contribution in [-0.4, -0.2) is 39.2 Å². The van der Waals surface area contributed by atoms with Gasteiger partial charge in [-0.3, -0.25) is 5.10 Å². The number of nitrogens with zero attached hydrogens (tertiary/aromatic N) is 4. The third-order valence-electron chi connectivity index (χ3n) is 3.50. The smallest absolute Gasteiger partial charge is 0.194 e. The van der Waals surface area contributed by atoms with Crippen LogP contribution < -0.4 is 5.32 Å². The number of hydrogen-bond acceptors (Lipinski definition) is 2. The van der Waals surface area contributed by atoms with E-state index >= 15 is 0 Å². The summed E-state index contributed by atoms with van der Waals surface area (Å²) in [4.78, 5) is 6.83. The van der Waals surface area contributed by atoms with Crippen LogP contribution in [0.15, 0.2) is 27.9 Å². The Morgan fingerprint density at radius 2 is 2.32 bits per heavy atom. The molecule has 22 heavy (non-hydrogen) atoms. The minimum absolute atomic E-state index is 0.617. The van der Waals surface area contributed by atoms with Crippen molar-refractivity contribution in [2.45, 2.75) is 26.9 Å². The monoisotopic (exact) mass is 366 g/mol. The molecule has 120 valence electrons. The molecule has 2 rings (SSSR count). The Balaban J connectivity index is 2.09. The van der Waals surface area contributed by atoms with E-state index in [0.717, 1.165) is 34.8 Å². The molecule has 2 N–H and O–H groups in total. The van der Waals surface area contributed by atoms with Gasteiger partial charge in [-0.15, -0.1) is 0 Å². The van der Waals surface area contributed by atoms with E-state index in [9.17, 15) is 0 Å². The molecule has 0 aliphatic rings. The van der Waals surface area contributed by atoms with Gasteiger partial charge in [-0.1, -0.05) is 0 Å². The molecule has 0 aromatic carbocycles. The number of rotatable bonds is 5. The average Bonchev–Trinajstić information content (AvgIpc) is 3.00. The van der Waals surface area contributed by atoms with Gasteiger partial charge in [0, 0.05) is 48.3 Å². The van der Waals surface area contributed by atoms with Crippen molar-refractivity contribution >= 4 is 21.9 Å². The molecule has 0 amide bonds. The molecule has 0 unspecified atom stereocenters. The lowest BCUT2D eigenvalue weighted by Gasteiger charge is -2.22. The van der Waals surface area contributed by atoms with Crippen LogP contribution in [0.1, 0.15) is 23.9 Å². The molecule has 0 aliphatic carbocycles. The predicted molar refractivity (Wildman–Crippen MR) is 92.7 cm³/mol. The summed E-state index contributed by atoms with van der Waals surface area (Å²) in [5, 5.41) is 10.3. The highest BCUT2D eigenvalue weighted by atomic mass is 79.9. The fraction of sp³-hybridized carbons (Fsp3) is 0.467. The van der Waals surface area contributed by atoms with Gasteiger partial charge < -0.3 is 14.8 Å². The molecule has 2 aromatic heterocycles. The highest BCUT2D eigenvalue weighted by Crippen LogP contribution is 2.15. The van der Waals surface area contributed by atoms with Gasteiger partial charge in [-0.2, -0.15) is 5.10 Å². The minimum atomic E-state index is 0.617. The van der Waals surface area contributed by atoms with Crippen molar-refractivity contribution in [2.24, 2.45) is 12.0 Å². The molecule has 0 fully saturated rings. The van der Waals surface area contributed by atoms with Crippen molar-refractivity contribution in [1.82, 2.24) is 25.0 Å². The second-order valence-electron chi connectivity index (χ2n) is 5.31. The summed E-state index contributed by atoms with van der Waals surface area (Å²) in [5.74, 6) is 0.889. The van der Waals surface area contributed by atoms with Crippen LogP contribution in [0, 0.1) is 6.92 Å². The lowest BCUT2D eigenvalue weighted by atomic mass is 10.3. The zero-order valence-electron chi connectivity index (χ0n) is 13.5. The van der Waals surface area contributed by atoms with Crippen molar-refractivity contribution in [1.29, 1.82) is 0 Å². The number of aromatic nitrogens is 3. The number of aromatic amines is 1. The fourth-order valence-electron chi connectivity index (χ4n) is 2.21. The van der Waals surface area contributed by atoms with Gasteiger partial charge in [0.25, 0.3) is 0 Å². The van der Waals surface area contributed by atoms with Crippen LogP contribution in [0.5, 0.6) is 0 Å². The van der Waals surface area contributed by atoms with E-state index in [2.05, 4.69) is 60.1 Å². The van der Waals surface area contributed by atoms with Gasteiger partial charge in [0.05, 0.1) is 19.3 Å². The number of aryl methyl sites for hydroxylation is 2. The second-order valence-corrected chi connectivity index (χ2v) is 6.22. The summed E-state index contributed by atoms with van der Waals surface area (Å²) in [7, 11) is 4.09. The maximum absolute atomic E-state index is 4.70. The van der Waals surface area contributed by atoms with Gasteiger partial charge in [-0.05, 0) is 35.8 Å². The van der Waals surface area contributed by atoms with Crippen LogP contribution in [0.25, 0.3) is 0 Å². The van der Waals surface area contributed by atoms with Gasteiger partial charge in [0.1, 0.15) is 0 Å². The van der Waals surface area contributed by atoms with Crippen LogP contribution >= 0.6 is 15.9 Å². The topological polar surface area (TPSA) is 61.2 Å². The maximum atomic E-state index is 4.70. The van der Waals surface area contributed by atoms with Crippen LogP contribution in [0.3, 0.4) is 0 Å². The Morgan fingerprint density at radius 3 is 2.86 bits per heavy atom. The summed E-state index contributed by atoms with van der Waals surface area (Å²) >= 11 is 3.51. The summed E-state index contributed by atoms with van der Waals surface area (Å²) in [5.41, 5.74) is 3.40. The molecule has 2 aromatic rings. The third-order valence-corrected chi connectivity index (χ3v) is 3.94. The fourth-order valence-corrected chi connectivity index (χ4v) is 2.78. The Bertz CT molecular complexity index is 642. The van der Waals surface area contributed by atoms with E-state index in [1.54, 1.807) is 0 Å². The Kier molecular flexibility index (Phi) is 5.65. The Morgan fingerprint density at radius 1 is 1.55 bits per heavy atom. The molecule has 0 saturated heterocycles. The highest BCUT2D eigenvalue weighted by Gasteiger charge is 2.10. The van der Waals surface area contributed by atoms with E-state index in [1.165, 1.54) is 5.69 Å². The van der Waals surface area contributed by atoms with E-state index in [-0.39, 0.29) is 0 Å². The summed E-state index contributed by atoms with van der Waals surface area (Å²) < 4.78 is 3.21. The predicted octanol–water partition coefficient (Wildman–Crippen LogP) is 2.42. The number of halogens is 1. The number of hydrogen-bond donors (Lipinski definition) is 2. The normalized spacial score (nSPS) is 11.8. The molecule has 0 radical (unpaired) electrons. The summed E-state index contributed by atoms with van der Waals surface area (Å²) in [6.07, 6.45) is 3.89. The Labute approximate surface area is 139 Å². The molecule has 0 bridgehead atoms. The highest BCUT2D eigenvalue weighted by molar-refractivity contribution is 9.10. The van der Waals surface area contributed by atoms with E-state index < -0.39 is 0 Å². The first kappa shape index (κ1) is 16.6. The van der Waals surface area contributed by atoms with E-state index in [4.69, 9.17) is 4.99 Å². The first-order valence-electron chi connectivity index (χ1n) is 7.30. The van der Waals surface area contributed by atoms with E-state index in [1.807, 2.05) is 27.2 Å². The minimum Gasteiger partial charge on any atom is -0.357 e. The van der Waals surface area contributed by atoms with Crippen LogP contribution in [-0.2, 0) is 20.1 Å². The molecule has 0 aliphatic heterocycles. The summed E-state index contributed by atoms with van der Waals surface area (Å²) in [6, 6.07) is 2.13. The lowest BCUT2D eigenvalue weighted by molar-refractivity contribution is 0.462. The van der Waals surface area contributed by atoms with Crippen LogP contribution in [0.2, 0.25) is 0 Å². The largest absolute Gasteiger partial charge is 0.357 e. The number of nitrogens with one attached hydrogen (secondary N) is 2. The summed E-state index contributed by atoms with van der Waals surface area (Å²) in [6.45, 7) is 6.33. The van der Waals surface area contributed by atoms with Crippen molar-refractivity contribution in [3.63, 3.8) is 0 Å². The molecule has 2 heterocycles. The second kappa shape index (κ2) is 7.49. The average molecular weight is 367 g/mol. The lowest BCUT2D eigenvalue weighted by Crippen LogP contribution is -2.38. The maximum Gasteiger partial charge on any atom is 0.194 e.